The van der Waals surface area contributed by atoms with Crippen molar-refractivity contribution in [3.63, 3.8) is 0 Å². The van der Waals surface area contributed by atoms with Gasteiger partial charge in [-0.2, -0.15) is 5.10 Å². The van der Waals surface area contributed by atoms with E-state index in [-0.39, 0.29) is 5.91 Å². The first kappa shape index (κ1) is 13.1. The molecule has 0 atom stereocenters. The number of carbonyl (C=O) groups is 1. The van der Waals surface area contributed by atoms with Crippen LogP contribution in [0, 0.1) is 5.92 Å². The Balaban J connectivity index is 1.62. The molecule has 1 aromatic rings. The van der Waals surface area contributed by atoms with E-state index in [1.807, 2.05) is 19.3 Å². The van der Waals surface area contributed by atoms with Crippen LogP contribution in [0.2, 0.25) is 0 Å². The highest BCUT2D eigenvalue weighted by molar-refractivity contribution is 5.89. The van der Waals surface area contributed by atoms with Crippen molar-refractivity contribution in [1.29, 1.82) is 0 Å². The molecule has 2 rings (SSSR count). The topological polar surface area (TPSA) is 46.9 Å². The highest BCUT2D eigenvalue weighted by Crippen LogP contribution is 2.27. The van der Waals surface area contributed by atoms with Crippen LogP contribution in [0.15, 0.2) is 12.3 Å². The zero-order valence-corrected chi connectivity index (χ0v) is 11.2. The molecule has 100 valence electrons. The molecule has 4 nitrogen and oxygen atoms in total. The summed E-state index contributed by atoms with van der Waals surface area (Å²) in [7, 11) is 1.85. The van der Waals surface area contributed by atoms with Crippen molar-refractivity contribution in [3.05, 3.63) is 12.3 Å². The Labute approximate surface area is 109 Å². The van der Waals surface area contributed by atoms with E-state index >= 15 is 0 Å². The monoisotopic (exact) mass is 249 g/mol. The van der Waals surface area contributed by atoms with Crippen molar-refractivity contribution in [2.75, 3.05) is 5.32 Å². The highest BCUT2D eigenvalue weighted by atomic mass is 16.1. The largest absolute Gasteiger partial charge is 0.309 e. The van der Waals surface area contributed by atoms with Gasteiger partial charge in [-0.05, 0) is 18.8 Å². The Morgan fingerprint density at radius 3 is 2.89 bits per heavy atom. The zero-order valence-electron chi connectivity index (χ0n) is 11.2. The maximum Gasteiger partial charge on any atom is 0.225 e. The number of rotatable bonds is 5. The average Bonchev–Trinajstić information content (AvgIpc) is 2.76. The van der Waals surface area contributed by atoms with Gasteiger partial charge in [0.05, 0.1) is 0 Å². The number of hydrogen-bond acceptors (Lipinski definition) is 2. The SMILES string of the molecule is Cn1ccc(NC(=O)CCCC2CCCCC2)n1. The molecule has 1 aliphatic carbocycles. The minimum Gasteiger partial charge on any atom is -0.309 e. The molecule has 1 saturated carbocycles. The summed E-state index contributed by atoms with van der Waals surface area (Å²) in [5.41, 5.74) is 0. The van der Waals surface area contributed by atoms with Crippen LogP contribution < -0.4 is 5.32 Å². The molecule has 1 fully saturated rings. The number of aromatic nitrogens is 2. The van der Waals surface area contributed by atoms with Crippen LogP contribution in [0.25, 0.3) is 0 Å². The second-order valence-electron chi connectivity index (χ2n) is 5.32. The molecule has 0 unspecified atom stereocenters. The molecule has 1 aromatic heterocycles. The van der Waals surface area contributed by atoms with Crippen molar-refractivity contribution in [2.24, 2.45) is 13.0 Å². The third-order valence-corrected chi connectivity index (χ3v) is 3.72. The van der Waals surface area contributed by atoms with Gasteiger partial charge >= 0.3 is 0 Å². The van der Waals surface area contributed by atoms with Gasteiger partial charge in [-0.25, -0.2) is 0 Å². The number of anilines is 1. The molecule has 1 heterocycles. The van der Waals surface area contributed by atoms with Gasteiger partial charge < -0.3 is 5.32 Å². The molecule has 0 aromatic carbocycles. The smallest absolute Gasteiger partial charge is 0.225 e. The number of nitrogens with one attached hydrogen (secondary N) is 1. The van der Waals surface area contributed by atoms with Gasteiger partial charge in [0.2, 0.25) is 5.91 Å². The van der Waals surface area contributed by atoms with Gasteiger partial charge in [0, 0.05) is 25.7 Å². The Bertz CT molecular complexity index is 380. The van der Waals surface area contributed by atoms with Crippen LogP contribution in [-0.2, 0) is 11.8 Å². The maximum atomic E-state index is 11.7. The molecular weight excluding hydrogens is 226 g/mol. The fourth-order valence-corrected chi connectivity index (χ4v) is 2.71. The van der Waals surface area contributed by atoms with E-state index in [9.17, 15) is 4.79 Å². The van der Waals surface area contributed by atoms with Crippen LogP contribution in [0.1, 0.15) is 51.4 Å². The van der Waals surface area contributed by atoms with E-state index in [0.29, 0.717) is 12.2 Å². The van der Waals surface area contributed by atoms with Crippen molar-refractivity contribution in [1.82, 2.24) is 9.78 Å². The Morgan fingerprint density at radius 2 is 2.22 bits per heavy atom. The van der Waals surface area contributed by atoms with Crippen LogP contribution in [0.4, 0.5) is 5.82 Å². The van der Waals surface area contributed by atoms with Gasteiger partial charge in [0.15, 0.2) is 5.82 Å². The summed E-state index contributed by atoms with van der Waals surface area (Å²) in [4.78, 5) is 11.7. The van der Waals surface area contributed by atoms with E-state index in [2.05, 4.69) is 10.4 Å². The van der Waals surface area contributed by atoms with Crippen LogP contribution in [0.3, 0.4) is 0 Å². The lowest BCUT2D eigenvalue weighted by atomic mass is 9.86. The fraction of sp³-hybridized carbons (Fsp3) is 0.714. The molecule has 18 heavy (non-hydrogen) atoms. The number of nitrogens with zero attached hydrogens (tertiary/aromatic N) is 2. The van der Waals surface area contributed by atoms with E-state index in [4.69, 9.17) is 0 Å². The van der Waals surface area contributed by atoms with E-state index in [0.717, 1.165) is 12.3 Å². The first-order valence-corrected chi connectivity index (χ1v) is 7.03. The predicted molar refractivity (Wildman–Crippen MR) is 72.3 cm³/mol. The first-order chi connectivity index (χ1) is 8.74. The molecule has 0 spiro atoms. The molecule has 0 saturated heterocycles. The van der Waals surface area contributed by atoms with Crippen LogP contribution >= 0.6 is 0 Å². The molecular formula is C14H23N3O. The number of carbonyl (C=O) groups excluding carboxylic acids is 1. The lowest BCUT2D eigenvalue weighted by Gasteiger charge is -2.20. The summed E-state index contributed by atoms with van der Waals surface area (Å²) in [6, 6.07) is 1.82. The van der Waals surface area contributed by atoms with Crippen molar-refractivity contribution in [2.45, 2.75) is 51.4 Å². The predicted octanol–water partition coefficient (Wildman–Crippen LogP) is 3.11. The van der Waals surface area contributed by atoms with E-state index in [1.165, 1.54) is 38.5 Å². The summed E-state index contributed by atoms with van der Waals surface area (Å²) in [6.45, 7) is 0. The molecule has 1 amide bonds. The van der Waals surface area contributed by atoms with Crippen LogP contribution in [-0.4, -0.2) is 15.7 Å². The molecule has 0 aliphatic heterocycles. The minimum absolute atomic E-state index is 0.0875. The van der Waals surface area contributed by atoms with E-state index in [1.54, 1.807) is 4.68 Å². The number of amides is 1. The summed E-state index contributed by atoms with van der Waals surface area (Å²) in [5.74, 6) is 1.60. The second-order valence-corrected chi connectivity index (χ2v) is 5.32. The summed E-state index contributed by atoms with van der Waals surface area (Å²) in [5, 5.41) is 6.96. The number of aryl methyl sites for hydroxylation is 1. The fourth-order valence-electron chi connectivity index (χ4n) is 2.71. The summed E-state index contributed by atoms with van der Waals surface area (Å²) in [6.07, 6.45) is 11.5. The van der Waals surface area contributed by atoms with Crippen molar-refractivity contribution < 1.29 is 4.79 Å². The van der Waals surface area contributed by atoms with E-state index < -0.39 is 0 Å². The standard InChI is InChI=1S/C14H23N3O/c1-17-11-10-13(16-17)15-14(18)9-5-8-12-6-3-2-4-7-12/h10-12H,2-9H2,1H3,(H,15,16,18). The second kappa shape index (κ2) is 6.57. The van der Waals surface area contributed by atoms with Gasteiger partial charge in [0.1, 0.15) is 0 Å². The third-order valence-electron chi connectivity index (χ3n) is 3.72. The average molecular weight is 249 g/mol. The highest BCUT2D eigenvalue weighted by Gasteiger charge is 2.13. The number of hydrogen-bond donors (Lipinski definition) is 1. The third kappa shape index (κ3) is 4.17. The van der Waals surface area contributed by atoms with Gasteiger partial charge in [0.25, 0.3) is 0 Å². The maximum absolute atomic E-state index is 11.7. The Kier molecular flexibility index (Phi) is 4.79. The van der Waals surface area contributed by atoms with Crippen molar-refractivity contribution >= 4 is 11.7 Å². The normalized spacial score (nSPS) is 16.7. The van der Waals surface area contributed by atoms with Crippen LogP contribution in [0.5, 0.6) is 0 Å². The Hall–Kier alpha value is -1.32. The molecule has 0 radical (unpaired) electrons. The molecule has 1 aliphatic rings. The quantitative estimate of drug-likeness (QED) is 0.871. The minimum atomic E-state index is 0.0875. The lowest BCUT2D eigenvalue weighted by molar-refractivity contribution is -0.116. The summed E-state index contributed by atoms with van der Waals surface area (Å²) >= 11 is 0. The zero-order chi connectivity index (χ0) is 12.8. The lowest BCUT2D eigenvalue weighted by Crippen LogP contribution is -2.13. The molecule has 1 N–H and O–H groups in total. The summed E-state index contributed by atoms with van der Waals surface area (Å²) < 4.78 is 1.69. The van der Waals surface area contributed by atoms with Gasteiger partial charge in [-0.3, -0.25) is 9.48 Å². The van der Waals surface area contributed by atoms with Crippen molar-refractivity contribution in [3.8, 4) is 0 Å². The molecule has 4 heteroatoms. The van der Waals surface area contributed by atoms with Gasteiger partial charge in [-0.15, -0.1) is 0 Å². The first-order valence-electron chi connectivity index (χ1n) is 7.03. The van der Waals surface area contributed by atoms with Gasteiger partial charge in [-0.1, -0.05) is 32.1 Å². The molecule has 0 bridgehead atoms. The Morgan fingerprint density at radius 1 is 1.44 bits per heavy atom.